The number of carbonyl (C=O) groups excluding carboxylic acids is 4. The summed E-state index contributed by atoms with van der Waals surface area (Å²) >= 11 is 0. The largest absolute Gasteiger partial charge is 0.376 e. The number of aromatic nitrogens is 3. The molecule has 1 aromatic heterocycles. The minimum Gasteiger partial charge on any atom is -0.376 e. The summed E-state index contributed by atoms with van der Waals surface area (Å²) in [5.74, 6) is -1.36. The van der Waals surface area contributed by atoms with Gasteiger partial charge >= 0.3 is 0 Å². The zero-order valence-electron chi connectivity index (χ0n) is 19.0. The molecule has 0 radical (unpaired) electrons. The average Bonchev–Trinajstić information content (AvgIpc) is 3.54. The maximum absolute atomic E-state index is 12.9. The van der Waals surface area contributed by atoms with E-state index < -0.39 is 17.5 Å². The van der Waals surface area contributed by atoms with Crippen molar-refractivity contribution in [1.29, 1.82) is 0 Å². The second-order valence-electron chi connectivity index (χ2n) is 9.47. The molecule has 1 aromatic carbocycles. The molecule has 2 aromatic rings. The summed E-state index contributed by atoms with van der Waals surface area (Å²) < 4.78 is 7.20. The van der Waals surface area contributed by atoms with Crippen LogP contribution >= 0.6 is 0 Å². The number of imide groups is 1. The Morgan fingerprint density at radius 1 is 1.24 bits per heavy atom. The molecule has 0 bridgehead atoms. The summed E-state index contributed by atoms with van der Waals surface area (Å²) in [6.07, 6.45) is 3.87. The molecule has 3 aliphatic rings. The molecule has 0 saturated carbocycles. The molecule has 3 aliphatic heterocycles. The Morgan fingerprint density at radius 3 is 2.79 bits per heavy atom. The van der Waals surface area contributed by atoms with Crippen LogP contribution in [0.1, 0.15) is 65.9 Å². The first-order valence-electron chi connectivity index (χ1n) is 11.4. The molecular weight excluding hydrogens is 440 g/mol. The lowest BCUT2D eigenvalue weighted by Gasteiger charge is -2.31. The standard InChI is InChI=1S/C23H26N6O5/c1-23(2,18-4-3-9-34-18)25-20(31)16-12-29(27-26-16)14-5-6-15-13(10-14)11-28(22(15)33)17-7-8-19(30)24-21(17)32/h5-6,10,12,17-18H,3-4,7-9,11H2,1-2H3,(H,25,31)(H,24,30,32). The van der Waals surface area contributed by atoms with E-state index in [1.807, 2.05) is 13.8 Å². The Morgan fingerprint density at radius 2 is 2.06 bits per heavy atom. The summed E-state index contributed by atoms with van der Waals surface area (Å²) in [6, 6.07) is 4.53. The van der Waals surface area contributed by atoms with Crippen LogP contribution in [0.5, 0.6) is 0 Å². The van der Waals surface area contributed by atoms with Gasteiger partial charge in [-0.3, -0.25) is 24.5 Å². The lowest BCUT2D eigenvalue weighted by molar-refractivity contribution is -0.136. The first-order chi connectivity index (χ1) is 16.2. The van der Waals surface area contributed by atoms with Crippen molar-refractivity contribution in [2.75, 3.05) is 6.61 Å². The number of carbonyl (C=O) groups is 4. The molecule has 2 saturated heterocycles. The molecule has 5 rings (SSSR count). The highest BCUT2D eigenvalue weighted by molar-refractivity contribution is 6.05. The van der Waals surface area contributed by atoms with Crippen LogP contribution in [0.25, 0.3) is 5.69 Å². The molecule has 34 heavy (non-hydrogen) atoms. The van der Waals surface area contributed by atoms with Gasteiger partial charge in [0.05, 0.1) is 23.5 Å². The predicted octanol–water partition coefficient (Wildman–Crippen LogP) is 0.716. The van der Waals surface area contributed by atoms with Crippen LogP contribution in [-0.4, -0.2) is 67.8 Å². The molecule has 11 nitrogen and oxygen atoms in total. The highest BCUT2D eigenvalue weighted by atomic mass is 16.5. The number of fused-ring (bicyclic) bond motifs is 1. The van der Waals surface area contributed by atoms with Gasteiger partial charge in [-0.1, -0.05) is 5.21 Å². The van der Waals surface area contributed by atoms with Crippen molar-refractivity contribution < 1.29 is 23.9 Å². The fraction of sp³-hybridized carbons (Fsp3) is 0.478. The summed E-state index contributed by atoms with van der Waals surface area (Å²) in [6.45, 7) is 4.81. The summed E-state index contributed by atoms with van der Waals surface area (Å²) in [5, 5.41) is 13.4. The maximum atomic E-state index is 12.9. The van der Waals surface area contributed by atoms with E-state index in [1.165, 1.54) is 15.8 Å². The third-order valence-corrected chi connectivity index (χ3v) is 6.67. The Labute approximate surface area is 195 Å². The molecule has 11 heteroatoms. The Bertz CT molecular complexity index is 1180. The summed E-state index contributed by atoms with van der Waals surface area (Å²) in [5.41, 5.74) is 1.53. The van der Waals surface area contributed by atoms with Gasteiger partial charge in [0.1, 0.15) is 6.04 Å². The van der Waals surface area contributed by atoms with Crippen LogP contribution < -0.4 is 10.6 Å². The quantitative estimate of drug-likeness (QED) is 0.620. The number of rotatable bonds is 5. The maximum Gasteiger partial charge on any atom is 0.273 e. The number of nitrogens with one attached hydrogen (secondary N) is 2. The van der Waals surface area contributed by atoms with Gasteiger partial charge in [0.25, 0.3) is 11.8 Å². The zero-order chi connectivity index (χ0) is 24.0. The third-order valence-electron chi connectivity index (χ3n) is 6.67. The smallest absolute Gasteiger partial charge is 0.273 e. The molecule has 2 N–H and O–H groups in total. The van der Waals surface area contributed by atoms with Gasteiger partial charge in [0.15, 0.2) is 5.69 Å². The highest BCUT2D eigenvalue weighted by Gasteiger charge is 2.39. The minimum atomic E-state index is -0.671. The van der Waals surface area contributed by atoms with E-state index in [2.05, 4.69) is 20.9 Å². The number of amides is 4. The first-order valence-corrected chi connectivity index (χ1v) is 11.4. The first kappa shape index (κ1) is 22.2. The molecule has 2 unspecified atom stereocenters. The highest BCUT2D eigenvalue weighted by Crippen LogP contribution is 2.29. The van der Waals surface area contributed by atoms with Gasteiger partial charge in [-0.2, -0.15) is 0 Å². The van der Waals surface area contributed by atoms with E-state index in [9.17, 15) is 19.2 Å². The Balaban J connectivity index is 1.31. The van der Waals surface area contributed by atoms with Gasteiger partial charge in [0.2, 0.25) is 11.8 Å². The number of benzene rings is 1. The van der Waals surface area contributed by atoms with Crippen molar-refractivity contribution in [2.45, 2.75) is 63.8 Å². The molecular formula is C23H26N6O5. The second kappa shape index (κ2) is 8.32. The van der Waals surface area contributed by atoms with E-state index in [4.69, 9.17) is 4.74 Å². The number of ether oxygens (including phenoxy) is 1. The van der Waals surface area contributed by atoms with E-state index in [0.29, 0.717) is 24.3 Å². The fourth-order valence-electron chi connectivity index (χ4n) is 4.78. The van der Waals surface area contributed by atoms with Crippen molar-refractivity contribution in [3.8, 4) is 5.69 Å². The second-order valence-corrected chi connectivity index (χ2v) is 9.47. The monoisotopic (exact) mass is 466 g/mol. The normalized spacial score (nSPS) is 22.6. The number of hydrogen-bond acceptors (Lipinski definition) is 7. The number of hydrogen-bond donors (Lipinski definition) is 2. The van der Waals surface area contributed by atoms with E-state index in [0.717, 1.165) is 18.4 Å². The van der Waals surface area contributed by atoms with Gasteiger partial charge in [-0.25, -0.2) is 4.68 Å². The van der Waals surface area contributed by atoms with Gasteiger partial charge in [-0.15, -0.1) is 5.10 Å². The third kappa shape index (κ3) is 3.96. The van der Waals surface area contributed by atoms with Crippen molar-refractivity contribution in [2.24, 2.45) is 0 Å². The van der Waals surface area contributed by atoms with Crippen LogP contribution in [0.2, 0.25) is 0 Å². The minimum absolute atomic E-state index is 0.0481. The molecule has 0 spiro atoms. The van der Waals surface area contributed by atoms with Crippen LogP contribution in [-0.2, 0) is 20.9 Å². The predicted molar refractivity (Wildman–Crippen MR) is 118 cm³/mol. The van der Waals surface area contributed by atoms with Crippen LogP contribution in [0, 0.1) is 0 Å². The number of nitrogens with zero attached hydrogens (tertiary/aromatic N) is 4. The molecule has 178 valence electrons. The summed E-state index contributed by atoms with van der Waals surface area (Å²) in [4.78, 5) is 50.8. The van der Waals surface area contributed by atoms with E-state index in [1.54, 1.807) is 18.2 Å². The zero-order valence-corrected chi connectivity index (χ0v) is 19.0. The SMILES string of the molecule is CC(C)(NC(=O)c1cn(-c2ccc3c(c2)CN(C2CCC(=O)NC2=O)C3=O)nn1)C1CCCO1. The van der Waals surface area contributed by atoms with Crippen LogP contribution in [0.4, 0.5) is 0 Å². The fourth-order valence-corrected chi connectivity index (χ4v) is 4.78. The van der Waals surface area contributed by atoms with Crippen molar-refractivity contribution in [3.05, 3.63) is 41.2 Å². The van der Waals surface area contributed by atoms with Gasteiger partial charge in [-0.05, 0) is 56.9 Å². The molecule has 2 atom stereocenters. The lowest BCUT2D eigenvalue weighted by Crippen LogP contribution is -2.52. The van der Waals surface area contributed by atoms with Crippen molar-refractivity contribution >= 4 is 23.6 Å². The molecule has 4 amide bonds. The Hall–Kier alpha value is -3.60. The average molecular weight is 466 g/mol. The molecule has 2 fully saturated rings. The van der Waals surface area contributed by atoms with Crippen LogP contribution in [0.15, 0.2) is 24.4 Å². The van der Waals surface area contributed by atoms with Crippen molar-refractivity contribution in [1.82, 2.24) is 30.5 Å². The van der Waals surface area contributed by atoms with E-state index >= 15 is 0 Å². The van der Waals surface area contributed by atoms with Crippen molar-refractivity contribution in [3.63, 3.8) is 0 Å². The van der Waals surface area contributed by atoms with Gasteiger partial charge in [0, 0.05) is 25.1 Å². The Kier molecular flexibility index (Phi) is 5.43. The number of piperidine rings is 1. The molecule has 4 heterocycles. The van der Waals surface area contributed by atoms with Gasteiger partial charge < -0.3 is 15.0 Å². The lowest BCUT2D eigenvalue weighted by atomic mass is 9.95. The topological polar surface area (TPSA) is 136 Å². The summed E-state index contributed by atoms with van der Waals surface area (Å²) in [7, 11) is 0. The molecule has 0 aliphatic carbocycles. The van der Waals surface area contributed by atoms with E-state index in [-0.39, 0.29) is 42.5 Å². The van der Waals surface area contributed by atoms with Crippen LogP contribution in [0.3, 0.4) is 0 Å².